The molecule has 0 heterocycles. The number of unbranched alkanes of at least 4 members (excludes halogenated alkanes) is 45. The molecule has 0 aromatic heterocycles. The van der Waals surface area contributed by atoms with E-state index in [1.165, 1.54) is 263 Å². The maximum atomic E-state index is 12.9. The van der Waals surface area contributed by atoms with Crippen molar-refractivity contribution in [2.24, 2.45) is 0 Å². The van der Waals surface area contributed by atoms with Gasteiger partial charge in [-0.1, -0.05) is 320 Å². The number of carbonyl (C=O) groups is 3. The average molecular weight is 1090 g/mol. The zero-order chi connectivity index (χ0) is 56.4. The SMILES string of the molecule is CCCCCCC/C=C\C/C=C\CCCCCCCCCCCCCCCCCCCCCC(=O)OCC(COC(=O)CCCCCCCCCC)OC(=O)CCCCCCCCCCC/C=C\C/C=C\CCCCCCC. The Hall–Kier alpha value is -2.63. The summed E-state index contributed by atoms with van der Waals surface area (Å²) in [6.07, 6.45) is 84.5. The Labute approximate surface area is 486 Å². The van der Waals surface area contributed by atoms with Crippen molar-refractivity contribution in [1.29, 1.82) is 0 Å². The van der Waals surface area contributed by atoms with E-state index in [1.54, 1.807) is 0 Å². The Morgan fingerprint density at radius 3 is 0.705 bits per heavy atom. The van der Waals surface area contributed by atoms with Gasteiger partial charge in [0.2, 0.25) is 0 Å². The monoisotopic (exact) mass is 1090 g/mol. The molecule has 0 aliphatic heterocycles. The molecule has 0 aliphatic carbocycles. The third-order valence-corrected chi connectivity index (χ3v) is 15.6. The molecule has 1 atom stereocenters. The number of allylic oxidation sites excluding steroid dienone is 8. The number of hydrogen-bond acceptors (Lipinski definition) is 6. The predicted molar refractivity (Wildman–Crippen MR) is 339 cm³/mol. The van der Waals surface area contributed by atoms with Crippen LogP contribution in [0.3, 0.4) is 0 Å². The number of esters is 3. The van der Waals surface area contributed by atoms with E-state index in [4.69, 9.17) is 14.2 Å². The number of rotatable bonds is 64. The summed E-state index contributed by atoms with van der Waals surface area (Å²) in [7, 11) is 0. The van der Waals surface area contributed by atoms with Gasteiger partial charge in [-0.25, -0.2) is 0 Å². The summed E-state index contributed by atoms with van der Waals surface area (Å²) in [5.74, 6) is -0.856. The van der Waals surface area contributed by atoms with Crippen molar-refractivity contribution in [2.75, 3.05) is 13.2 Å². The molecule has 0 spiro atoms. The Kier molecular flexibility index (Phi) is 64.6. The Balaban J connectivity index is 4.06. The highest BCUT2D eigenvalue weighted by Gasteiger charge is 2.19. The molecule has 0 saturated heterocycles. The van der Waals surface area contributed by atoms with Crippen LogP contribution in [0, 0.1) is 0 Å². The van der Waals surface area contributed by atoms with Gasteiger partial charge in [-0.2, -0.15) is 0 Å². The average Bonchev–Trinajstić information content (AvgIpc) is 3.44. The third-order valence-electron chi connectivity index (χ3n) is 15.6. The molecular weight excluding hydrogens is 961 g/mol. The third kappa shape index (κ3) is 64.2. The van der Waals surface area contributed by atoms with Gasteiger partial charge < -0.3 is 14.2 Å². The van der Waals surface area contributed by atoms with Gasteiger partial charge in [0.15, 0.2) is 6.10 Å². The molecule has 0 aromatic carbocycles. The fourth-order valence-corrected chi connectivity index (χ4v) is 10.3. The van der Waals surface area contributed by atoms with Crippen LogP contribution in [0.5, 0.6) is 0 Å². The first-order valence-electron chi connectivity index (χ1n) is 34.6. The van der Waals surface area contributed by atoms with Gasteiger partial charge >= 0.3 is 17.9 Å². The van der Waals surface area contributed by atoms with Crippen LogP contribution < -0.4 is 0 Å². The largest absolute Gasteiger partial charge is 0.462 e. The second-order valence-electron chi connectivity index (χ2n) is 23.4. The minimum Gasteiger partial charge on any atom is -0.462 e. The predicted octanol–water partition coefficient (Wildman–Crippen LogP) is 23.7. The minimum atomic E-state index is -0.772. The van der Waals surface area contributed by atoms with Crippen molar-refractivity contribution >= 4 is 17.9 Å². The molecule has 0 bridgehead atoms. The van der Waals surface area contributed by atoms with Gasteiger partial charge in [0, 0.05) is 19.3 Å². The van der Waals surface area contributed by atoms with Crippen LogP contribution >= 0.6 is 0 Å². The summed E-state index contributed by atoms with van der Waals surface area (Å²) in [4.78, 5) is 38.2. The van der Waals surface area contributed by atoms with E-state index >= 15 is 0 Å². The Morgan fingerprint density at radius 2 is 0.462 bits per heavy atom. The molecule has 6 heteroatoms. The fraction of sp³-hybridized carbons (Fsp3) is 0.847. The van der Waals surface area contributed by atoms with Gasteiger partial charge in [-0.05, 0) is 83.5 Å². The van der Waals surface area contributed by atoms with Crippen LogP contribution in [0.1, 0.15) is 374 Å². The van der Waals surface area contributed by atoms with E-state index in [0.29, 0.717) is 19.3 Å². The first-order valence-corrected chi connectivity index (χ1v) is 34.6. The molecule has 0 aliphatic rings. The molecule has 0 radical (unpaired) electrons. The van der Waals surface area contributed by atoms with Crippen molar-refractivity contribution in [3.8, 4) is 0 Å². The van der Waals surface area contributed by atoms with Gasteiger partial charge in [-0.3, -0.25) is 14.4 Å². The van der Waals surface area contributed by atoms with Crippen LogP contribution in [0.2, 0.25) is 0 Å². The van der Waals surface area contributed by atoms with E-state index < -0.39 is 6.10 Å². The van der Waals surface area contributed by atoms with Crippen molar-refractivity contribution in [1.82, 2.24) is 0 Å². The van der Waals surface area contributed by atoms with Crippen molar-refractivity contribution < 1.29 is 28.6 Å². The maximum Gasteiger partial charge on any atom is 0.306 e. The molecule has 78 heavy (non-hydrogen) atoms. The minimum absolute atomic E-state index is 0.0701. The molecule has 0 rings (SSSR count). The van der Waals surface area contributed by atoms with Crippen molar-refractivity contribution in [3.05, 3.63) is 48.6 Å². The lowest BCUT2D eigenvalue weighted by atomic mass is 10.0. The van der Waals surface area contributed by atoms with Crippen LogP contribution in [0.15, 0.2) is 48.6 Å². The van der Waals surface area contributed by atoms with Gasteiger partial charge in [0.05, 0.1) is 0 Å². The topological polar surface area (TPSA) is 78.9 Å². The Bertz CT molecular complexity index is 1350. The molecule has 456 valence electrons. The number of ether oxygens (including phenoxy) is 3. The van der Waals surface area contributed by atoms with Gasteiger partial charge in [0.25, 0.3) is 0 Å². The molecule has 0 amide bonds. The fourth-order valence-electron chi connectivity index (χ4n) is 10.3. The van der Waals surface area contributed by atoms with Crippen LogP contribution in [0.4, 0.5) is 0 Å². The smallest absolute Gasteiger partial charge is 0.306 e. The first-order chi connectivity index (χ1) is 38.5. The summed E-state index contributed by atoms with van der Waals surface area (Å²) in [5.41, 5.74) is 0. The number of hydrogen-bond donors (Lipinski definition) is 0. The zero-order valence-electron chi connectivity index (χ0n) is 52.5. The number of carbonyl (C=O) groups excluding carboxylic acids is 3. The van der Waals surface area contributed by atoms with E-state index in [0.717, 1.165) is 70.6 Å². The lowest BCUT2D eigenvalue weighted by Crippen LogP contribution is -2.30. The van der Waals surface area contributed by atoms with E-state index in [-0.39, 0.29) is 31.1 Å². The lowest BCUT2D eigenvalue weighted by Gasteiger charge is -2.18. The van der Waals surface area contributed by atoms with Gasteiger partial charge in [0.1, 0.15) is 13.2 Å². The highest BCUT2D eigenvalue weighted by atomic mass is 16.6. The van der Waals surface area contributed by atoms with Crippen LogP contribution in [0.25, 0.3) is 0 Å². The molecule has 0 fully saturated rings. The van der Waals surface area contributed by atoms with E-state index in [2.05, 4.69) is 69.4 Å². The zero-order valence-corrected chi connectivity index (χ0v) is 52.5. The lowest BCUT2D eigenvalue weighted by molar-refractivity contribution is -0.167. The molecule has 0 saturated carbocycles. The summed E-state index contributed by atoms with van der Waals surface area (Å²) in [6.45, 7) is 6.64. The van der Waals surface area contributed by atoms with E-state index in [1.807, 2.05) is 0 Å². The maximum absolute atomic E-state index is 12.9. The van der Waals surface area contributed by atoms with Crippen LogP contribution in [-0.4, -0.2) is 37.2 Å². The molecule has 6 nitrogen and oxygen atoms in total. The van der Waals surface area contributed by atoms with Crippen molar-refractivity contribution in [3.63, 3.8) is 0 Å². The summed E-state index contributed by atoms with van der Waals surface area (Å²) < 4.78 is 16.9. The molecule has 1 unspecified atom stereocenters. The summed E-state index contributed by atoms with van der Waals surface area (Å²) in [6, 6.07) is 0. The van der Waals surface area contributed by atoms with E-state index in [9.17, 15) is 14.4 Å². The highest BCUT2D eigenvalue weighted by molar-refractivity contribution is 5.71. The first kappa shape index (κ1) is 75.4. The molecule has 0 aromatic rings. The van der Waals surface area contributed by atoms with Gasteiger partial charge in [-0.15, -0.1) is 0 Å². The second kappa shape index (κ2) is 66.9. The second-order valence-corrected chi connectivity index (χ2v) is 23.4. The summed E-state index contributed by atoms with van der Waals surface area (Å²) in [5, 5.41) is 0. The van der Waals surface area contributed by atoms with Crippen molar-refractivity contribution in [2.45, 2.75) is 380 Å². The summed E-state index contributed by atoms with van der Waals surface area (Å²) >= 11 is 0. The standard InChI is InChI=1S/C72H132O6/c1-4-7-10-13-16-19-21-23-25-27-29-31-32-33-34-35-36-37-38-39-40-42-43-45-47-49-51-53-56-59-62-65-71(74)77-68-69(67-76-70(73)64-61-58-55-18-15-12-9-6-3)78-72(75)66-63-60-57-54-52-50-48-46-44-41-30-28-26-24-22-20-17-14-11-8-5-2/h21-24,27-30,69H,4-20,25-26,31-68H2,1-3H3/b23-21-,24-22-,29-27-,30-28-. The molecular formula is C72H132O6. The normalized spacial score (nSPS) is 12.3. The molecule has 0 N–H and O–H groups in total. The van der Waals surface area contributed by atoms with Crippen LogP contribution in [-0.2, 0) is 28.6 Å². The highest BCUT2D eigenvalue weighted by Crippen LogP contribution is 2.18. The quantitative estimate of drug-likeness (QED) is 0.0261. The Morgan fingerprint density at radius 1 is 0.256 bits per heavy atom.